The highest BCUT2D eigenvalue weighted by atomic mass is 79.9. The summed E-state index contributed by atoms with van der Waals surface area (Å²) in [6.07, 6.45) is 1.58. The maximum absolute atomic E-state index is 12.5. The third-order valence-corrected chi connectivity index (χ3v) is 4.07. The Morgan fingerprint density at radius 2 is 1.96 bits per heavy atom. The number of hydrogen-bond donors (Lipinski definition) is 0. The van der Waals surface area contributed by atoms with Crippen LogP contribution in [0.2, 0.25) is 0 Å². The molecule has 0 bridgehead atoms. The zero-order valence-corrected chi connectivity index (χ0v) is 13.7. The molecule has 1 heterocycles. The molecule has 0 fully saturated rings. The van der Waals surface area contributed by atoms with E-state index in [1.54, 1.807) is 31.3 Å². The fourth-order valence-electron chi connectivity index (χ4n) is 2.52. The van der Waals surface area contributed by atoms with Crippen molar-refractivity contribution in [2.75, 3.05) is 11.9 Å². The summed E-state index contributed by atoms with van der Waals surface area (Å²) in [5.74, 6) is -0.154. The molecule has 0 spiro atoms. The van der Waals surface area contributed by atoms with Gasteiger partial charge in [-0.2, -0.15) is 8.78 Å². The number of alkyl halides is 2. The molecule has 0 aliphatic carbocycles. The molecule has 2 aromatic carbocycles. The van der Waals surface area contributed by atoms with Crippen molar-refractivity contribution < 1.29 is 18.3 Å². The number of hydrogen-bond acceptors (Lipinski definition) is 2. The molecule has 0 saturated carbocycles. The highest BCUT2D eigenvalue weighted by molar-refractivity contribution is 9.10. The second-order valence-electron chi connectivity index (χ2n) is 5.00. The van der Waals surface area contributed by atoms with Crippen LogP contribution in [0.25, 0.3) is 11.6 Å². The van der Waals surface area contributed by atoms with Gasteiger partial charge in [0, 0.05) is 28.2 Å². The van der Waals surface area contributed by atoms with Gasteiger partial charge in [0.2, 0.25) is 0 Å². The van der Waals surface area contributed by atoms with E-state index in [2.05, 4.69) is 20.7 Å². The van der Waals surface area contributed by atoms with Gasteiger partial charge in [-0.05, 0) is 30.3 Å². The minimum atomic E-state index is -2.92. The number of rotatable bonds is 3. The van der Waals surface area contributed by atoms with E-state index in [1.165, 1.54) is 11.0 Å². The highest BCUT2D eigenvalue weighted by Gasteiger charge is 2.30. The summed E-state index contributed by atoms with van der Waals surface area (Å²) in [7, 11) is 1.68. The minimum Gasteiger partial charge on any atom is -0.434 e. The average molecular weight is 380 g/mol. The molecule has 1 aliphatic heterocycles. The number of benzene rings is 2. The molecule has 23 heavy (non-hydrogen) atoms. The number of carbonyl (C=O) groups is 1. The van der Waals surface area contributed by atoms with E-state index < -0.39 is 6.61 Å². The summed E-state index contributed by atoms with van der Waals surface area (Å²) >= 11 is 3.38. The molecular weight excluding hydrogens is 368 g/mol. The van der Waals surface area contributed by atoms with Gasteiger partial charge in [-0.1, -0.05) is 34.1 Å². The topological polar surface area (TPSA) is 29.5 Å². The van der Waals surface area contributed by atoms with Crippen molar-refractivity contribution in [2.24, 2.45) is 0 Å². The predicted octanol–water partition coefficient (Wildman–Crippen LogP) is 4.57. The average Bonchev–Trinajstić information content (AvgIpc) is 2.73. The molecule has 2 aromatic rings. The number of nitrogens with zero attached hydrogens (tertiary/aromatic N) is 1. The van der Waals surface area contributed by atoms with Crippen LogP contribution in [-0.4, -0.2) is 19.6 Å². The third kappa shape index (κ3) is 2.99. The maximum Gasteiger partial charge on any atom is 0.387 e. The largest absolute Gasteiger partial charge is 0.434 e. The number of para-hydroxylation sites is 1. The second-order valence-corrected chi connectivity index (χ2v) is 5.92. The van der Waals surface area contributed by atoms with Gasteiger partial charge >= 0.3 is 6.61 Å². The Labute approximate surface area is 140 Å². The lowest BCUT2D eigenvalue weighted by Gasteiger charge is -2.09. The molecule has 1 amide bonds. The number of fused-ring (bicyclic) bond motifs is 1. The van der Waals surface area contributed by atoms with Crippen LogP contribution < -0.4 is 9.64 Å². The summed E-state index contributed by atoms with van der Waals surface area (Å²) in [6.45, 7) is -2.92. The van der Waals surface area contributed by atoms with E-state index in [4.69, 9.17) is 0 Å². The molecule has 3 rings (SSSR count). The van der Waals surface area contributed by atoms with Crippen LogP contribution in [0.1, 0.15) is 11.1 Å². The van der Waals surface area contributed by atoms with Crippen molar-refractivity contribution >= 4 is 39.2 Å². The highest BCUT2D eigenvalue weighted by Crippen LogP contribution is 2.39. The van der Waals surface area contributed by atoms with E-state index in [0.29, 0.717) is 11.1 Å². The molecule has 6 heteroatoms. The first kappa shape index (κ1) is 15.7. The van der Waals surface area contributed by atoms with E-state index in [9.17, 15) is 13.6 Å². The molecule has 0 aromatic heterocycles. The number of ether oxygens (including phenoxy) is 1. The molecular formula is C17H12BrF2NO2. The summed E-state index contributed by atoms with van der Waals surface area (Å²) in [5.41, 5.74) is 2.39. The number of likely N-dealkylation sites (N-methyl/N-ethyl adjacent to an activating group) is 1. The summed E-state index contributed by atoms with van der Waals surface area (Å²) in [5, 5.41) is 0. The molecule has 0 atom stereocenters. The lowest BCUT2D eigenvalue weighted by Crippen LogP contribution is -2.20. The first-order chi connectivity index (χ1) is 11.0. The zero-order valence-electron chi connectivity index (χ0n) is 12.1. The summed E-state index contributed by atoms with van der Waals surface area (Å²) in [4.78, 5) is 14.0. The van der Waals surface area contributed by atoms with Crippen LogP contribution in [-0.2, 0) is 4.79 Å². The Bertz CT molecular complexity index is 805. The van der Waals surface area contributed by atoms with E-state index in [1.807, 2.05) is 18.2 Å². The monoisotopic (exact) mass is 379 g/mol. The molecule has 0 saturated heterocycles. The molecule has 0 unspecified atom stereocenters. The standard InChI is InChI=1S/C17H12BrF2NO2/c1-21-14-7-6-11(18)9-12(14)13(16(21)22)8-10-4-2-3-5-15(10)23-17(19)20/h2-9,17H,1H3/b13-8+. The molecule has 118 valence electrons. The van der Waals surface area contributed by atoms with Gasteiger partial charge in [0.15, 0.2) is 0 Å². The predicted molar refractivity (Wildman–Crippen MR) is 88.5 cm³/mol. The summed E-state index contributed by atoms with van der Waals surface area (Å²) in [6, 6.07) is 11.9. The zero-order chi connectivity index (χ0) is 16.6. The maximum atomic E-state index is 12.5. The number of carbonyl (C=O) groups excluding carboxylic acids is 1. The first-order valence-electron chi connectivity index (χ1n) is 6.81. The molecule has 1 aliphatic rings. The normalized spacial score (nSPS) is 15.4. The number of amides is 1. The lowest BCUT2D eigenvalue weighted by atomic mass is 10.0. The minimum absolute atomic E-state index is 0.0360. The van der Waals surface area contributed by atoms with Crippen LogP contribution >= 0.6 is 15.9 Å². The second kappa shape index (κ2) is 6.12. The van der Waals surface area contributed by atoms with Crippen molar-refractivity contribution in [3.05, 3.63) is 58.1 Å². The van der Waals surface area contributed by atoms with Crippen molar-refractivity contribution in [2.45, 2.75) is 6.61 Å². The molecule has 0 radical (unpaired) electrons. The Kier molecular flexibility index (Phi) is 4.17. The van der Waals surface area contributed by atoms with Gasteiger partial charge in [-0.25, -0.2) is 0 Å². The van der Waals surface area contributed by atoms with Gasteiger partial charge < -0.3 is 9.64 Å². The number of anilines is 1. The van der Waals surface area contributed by atoms with Gasteiger partial charge in [0.1, 0.15) is 5.75 Å². The van der Waals surface area contributed by atoms with E-state index >= 15 is 0 Å². The van der Waals surface area contributed by atoms with Crippen LogP contribution in [0.15, 0.2) is 46.9 Å². The Balaban J connectivity index is 2.11. The Morgan fingerprint density at radius 3 is 2.70 bits per heavy atom. The Hall–Kier alpha value is -2.21. The smallest absolute Gasteiger partial charge is 0.387 e. The summed E-state index contributed by atoms with van der Waals surface area (Å²) < 4.78 is 30.4. The van der Waals surface area contributed by atoms with Crippen LogP contribution in [0.5, 0.6) is 5.75 Å². The molecule has 3 nitrogen and oxygen atoms in total. The Morgan fingerprint density at radius 1 is 1.22 bits per heavy atom. The lowest BCUT2D eigenvalue weighted by molar-refractivity contribution is -0.112. The van der Waals surface area contributed by atoms with E-state index in [0.717, 1.165) is 15.7 Å². The SMILES string of the molecule is CN1C(=O)/C(=C/c2ccccc2OC(F)F)c2cc(Br)ccc21. The quantitative estimate of drug-likeness (QED) is 0.731. The number of halogens is 3. The molecule has 0 N–H and O–H groups in total. The van der Waals surface area contributed by atoms with Crippen molar-refractivity contribution in [3.63, 3.8) is 0 Å². The fraction of sp³-hybridized carbons (Fsp3) is 0.118. The third-order valence-electron chi connectivity index (χ3n) is 3.58. The van der Waals surface area contributed by atoms with Crippen LogP contribution in [0.3, 0.4) is 0 Å². The van der Waals surface area contributed by atoms with Crippen molar-refractivity contribution in [1.82, 2.24) is 0 Å². The first-order valence-corrected chi connectivity index (χ1v) is 7.60. The van der Waals surface area contributed by atoms with Crippen LogP contribution in [0, 0.1) is 0 Å². The van der Waals surface area contributed by atoms with Crippen molar-refractivity contribution in [1.29, 1.82) is 0 Å². The van der Waals surface area contributed by atoms with Crippen molar-refractivity contribution in [3.8, 4) is 5.75 Å². The van der Waals surface area contributed by atoms with Gasteiger partial charge in [0.25, 0.3) is 5.91 Å². The van der Waals surface area contributed by atoms with Crippen LogP contribution in [0.4, 0.5) is 14.5 Å². The van der Waals surface area contributed by atoms with Gasteiger partial charge in [-0.15, -0.1) is 0 Å². The fourth-order valence-corrected chi connectivity index (χ4v) is 2.88. The van der Waals surface area contributed by atoms with Gasteiger partial charge in [-0.3, -0.25) is 4.79 Å². The van der Waals surface area contributed by atoms with Gasteiger partial charge in [0.05, 0.1) is 5.69 Å². The van der Waals surface area contributed by atoms with E-state index in [-0.39, 0.29) is 11.7 Å².